The van der Waals surface area contributed by atoms with Crippen LogP contribution < -0.4 is 5.11 Å². The van der Waals surface area contributed by atoms with Gasteiger partial charge in [-0.3, -0.25) is 9.78 Å². The molecule has 0 bridgehead atoms. The number of hydrogen-bond donors (Lipinski definition) is 0. The fraction of sp³-hybridized carbons (Fsp3) is 0.200. The van der Waals surface area contributed by atoms with E-state index in [1.807, 2.05) is 0 Å². The Morgan fingerprint density at radius 2 is 1.89 bits per heavy atom. The zero-order chi connectivity index (χ0) is 14.8. The Bertz CT molecular complexity index is 521. The summed E-state index contributed by atoms with van der Waals surface area (Å²) in [6.07, 6.45) is -3.87. The van der Waals surface area contributed by atoms with E-state index in [0.717, 1.165) is 6.20 Å². The van der Waals surface area contributed by atoms with Crippen LogP contribution in [-0.4, -0.2) is 16.1 Å². The third-order valence-corrected chi connectivity index (χ3v) is 2.12. The minimum Gasteiger partial charge on any atom is -0.872 e. The highest BCUT2D eigenvalue weighted by Gasteiger charge is 2.35. The molecule has 0 N–H and O–H groups in total. The van der Waals surface area contributed by atoms with Crippen molar-refractivity contribution in [2.24, 2.45) is 0 Å². The Hall–Kier alpha value is -1.70. The minimum atomic E-state index is -4.90. The van der Waals surface area contributed by atoms with E-state index in [2.05, 4.69) is 16.6 Å². The molecule has 1 rings (SSSR count). The first-order valence-corrected chi connectivity index (χ1v) is 4.92. The summed E-state index contributed by atoms with van der Waals surface area (Å²) in [5.74, 6) is -3.62. The quantitative estimate of drug-likeness (QED) is 0.372. The predicted molar refractivity (Wildman–Crippen MR) is 53.0 cm³/mol. The summed E-state index contributed by atoms with van der Waals surface area (Å²) in [6, 6.07) is 0.668. The maximum atomic E-state index is 12.5. The first kappa shape index (κ1) is 15.4. The molecule has 0 aromatic carbocycles. The normalized spacial score (nSPS) is 13.5. The average Bonchev–Trinajstić information content (AvgIpc) is 2.26. The molecule has 3 nitrogen and oxygen atoms in total. The van der Waals surface area contributed by atoms with E-state index in [1.165, 1.54) is 0 Å². The molecule has 9 heteroatoms. The van der Waals surface area contributed by atoms with E-state index in [0.29, 0.717) is 12.3 Å². The summed E-state index contributed by atoms with van der Waals surface area (Å²) in [7, 11) is 0. The van der Waals surface area contributed by atoms with Crippen LogP contribution in [0.5, 0.6) is 0 Å². The molecule has 104 valence electrons. The minimum absolute atomic E-state index is 0.183. The highest BCUT2D eigenvalue weighted by molar-refractivity contribution is 6.34. The highest BCUT2D eigenvalue weighted by atomic mass is 35.5. The molecule has 0 saturated carbocycles. The van der Waals surface area contributed by atoms with E-state index >= 15 is 0 Å². The molecular formula is C10H4ClF5NO2-. The van der Waals surface area contributed by atoms with Crippen molar-refractivity contribution >= 4 is 23.1 Å². The topological polar surface area (TPSA) is 53.0 Å². The lowest BCUT2D eigenvalue weighted by Gasteiger charge is -2.18. The van der Waals surface area contributed by atoms with Gasteiger partial charge >= 0.3 is 11.6 Å². The van der Waals surface area contributed by atoms with Crippen molar-refractivity contribution in [3.05, 3.63) is 35.7 Å². The molecule has 0 spiro atoms. The summed E-state index contributed by atoms with van der Waals surface area (Å²) in [5, 5.41) is 7.03. The highest BCUT2D eigenvalue weighted by Crippen LogP contribution is 2.33. The number of alkyl halides is 6. The number of hydrogen-bond acceptors (Lipinski definition) is 3. The van der Waals surface area contributed by atoms with Crippen molar-refractivity contribution in [1.29, 1.82) is 0 Å². The molecule has 0 saturated heterocycles. The van der Waals surface area contributed by atoms with Crippen LogP contribution in [0.4, 0.5) is 22.0 Å². The molecule has 1 heterocycles. The van der Waals surface area contributed by atoms with Gasteiger partial charge in [0.1, 0.15) is 0 Å². The van der Waals surface area contributed by atoms with Gasteiger partial charge in [0.15, 0.2) is 0 Å². The van der Waals surface area contributed by atoms with Crippen LogP contribution >= 0.6 is 11.6 Å². The van der Waals surface area contributed by atoms with Gasteiger partial charge in [0.2, 0.25) is 5.78 Å². The number of allylic oxidation sites excluding steroid dienone is 1. The van der Waals surface area contributed by atoms with E-state index < -0.39 is 34.2 Å². The van der Waals surface area contributed by atoms with Crippen LogP contribution in [-0.2, 0) is 11.0 Å². The summed E-state index contributed by atoms with van der Waals surface area (Å²) in [4.78, 5) is 13.9. The fourth-order valence-corrected chi connectivity index (χ4v) is 1.17. The Kier molecular flexibility index (Phi) is 4.14. The smallest absolute Gasteiger partial charge is 0.418 e. The van der Waals surface area contributed by atoms with Gasteiger partial charge < -0.3 is 5.11 Å². The van der Waals surface area contributed by atoms with Crippen LogP contribution in [0.25, 0.3) is 5.76 Å². The molecule has 0 amide bonds. The van der Waals surface area contributed by atoms with E-state index in [9.17, 15) is 31.9 Å². The van der Waals surface area contributed by atoms with Gasteiger partial charge in [-0.15, -0.1) is 0 Å². The molecule has 0 aliphatic heterocycles. The van der Waals surface area contributed by atoms with Gasteiger partial charge in [-0.1, -0.05) is 5.76 Å². The zero-order valence-electron chi connectivity index (χ0n) is 8.84. The van der Waals surface area contributed by atoms with Gasteiger partial charge in [-0.2, -0.15) is 22.0 Å². The molecule has 19 heavy (non-hydrogen) atoms. The van der Waals surface area contributed by atoms with Gasteiger partial charge in [-0.25, -0.2) is 0 Å². The summed E-state index contributed by atoms with van der Waals surface area (Å²) in [6.45, 7) is 0. The second-order valence-corrected chi connectivity index (χ2v) is 3.76. The lowest BCUT2D eigenvalue weighted by atomic mass is 10.1. The molecular weight excluding hydrogens is 297 g/mol. The van der Waals surface area contributed by atoms with E-state index in [4.69, 9.17) is 0 Å². The number of aromatic nitrogens is 1. The summed E-state index contributed by atoms with van der Waals surface area (Å²) >= 11 is 4.34. The molecule has 0 radical (unpaired) electrons. The monoisotopic (exact) mass is 300 g/mol. The average molecular weight is 301 g/mol. The molecule has 1 aromatic rings. The van der Waals surface area contributed by atoms with Crippen molar-refractivity contribution in [1.82, 2.24) is 4.98 Å². The molecule has 0 fully saturated rings. The zero-order valence-corrected chi connectivity index (χ0v) is 9.60. The number of halogens is 6. The van der Waals surface area contributed by atoms with Crippen LogP contribution in [0.1, 0.15) is 11.1 Å². The molecule has 0 aliphatic rings. The molecule has 1 aromatic heterocycles. The number of pyridine rings is 1. The van der Waals surface area contributed by atoms with Crippen molar-refractivity contribution in [3.8, 4) is 0 Å². The predicted octanol–water partition coefficient (Wildman–Crippen LogP) is 2.20. The number of carbonyl (C=O) groups excluding carboxylic acids is 1. The molecule has 0 unspecified atom stereocenters. The number of nitrogens with zero attached hydrogens (tertiary/aromatic N) is 1. The van der Waals surface area contributed by atoms with Crippen LogP contribution in [0.3, 0.4) is 0 Å². The Labute approximate surface area is 108 Å². The van der Waals surface area contributed by atoms with E-state index in [1.54, 1.807) is 0 Å². The standard InChI is InChI=1S/C10H5ClF5NO2/c11-9(12,13)8(19)3-7(18)5-1-2-17-4-6(5)10(14,15)16/h1-4,18H/p-1/b7-3-. The first-order valence-electron chi connectivity index (χ1n) is 4.55. The Morgan fingerprint density at radius 3 is 2.37 bits per heavy atom. The molecule has 0 atom stereocenters. The lowest BCUT2D eigenvalue weighted by molar-refractivity contribution is -0.244. The van der Waals surface area contributed by atoms with Gasteiger partial charge in [0, 0.05) is 12.4 Å². The molecule has 0 aliphatic carbocycles. The van der Waals surface area contributed by atoms with Gasteiger partial charge in [0.05, 0.1) is 5.56 Å². The summed E-state index contributed by atoms with van der Waals surface area (Å²) < 4.78 is 62.2. The maximum Gasteiger partial charge on any atom is 0.418 e. The Balaban J connectivity index is 3.25. The van der Waals surface area contributed by atoms with Crippen molar-refractivity contribution < 1.29 is 31.9 Å². The van der Waals surface area contributed by atoms with Crippen LogP contribution in [0.2, 0.25) is 0 Å². The number of rotatable bonds is 3. The van der Waals surface area contributed by atoms with Gasteiger partial charge in [0.25, 0.3) is 0 Å². The summed E-state index contributed by atoms with van der Waals surface area (Å²) in [5.41, 5.74) is -2.39. The SMILES string of the molecule is O=C(/C=C(\[O-])c1ccncc1C(F)(F)F)C(F)(F)Cl. The van der Waals surface area contributed by atoms with Crippen LogP contribution in [0, 0.1) is 0 Å². The van der Waals surface area contributed by atoms with Crippen molar-refractivity contribution in [2.75, 3.05) is 0 Å². The third kappa shape index (κ3) is 3.88. The Morgan fingerprint density at radius 1 is 1.32 bits per heavy atom. The van der Waals surface area contributed by atoms with E-state index in [-0.39, 0.29) is 6.08 Å². The second kappa shape index (κ2) is 5.12. The lowest BCUT2D eigenvalue weighted by Crippen LogP contribution is -2.21. The van der Waals surface area contributed by atoms with Gasteiger partial charge in [-0.05, 0) is 29.3 Å². The third-order valence-electron chi connectivity index (χ3n) is 1.93. The number of carbonyl (C=O) groups is 1. The first-order chi connectivity index (χ1) is 8.53. The van der Waals surface area contributed by atoms with Crippen LogP contribution in [0.15, 0.2) is 24.5 Å². The second-order valence-electron chi connectivity index (χ2n) is 3.29. The number of ketones is 1. The maximum absolute atomic E-state index is 12.5. The van der Waals surface area contributed by atoms with Crippen molar-refractivity contribution in [3.63, 3.8) is 0 Å². The van der Waals surface area contributed by atoms with Crippen molar-refractivity contribution in [2.45, 2.75) is 11.6 Å². The largest absolute Gasteiger partial charge is 0.872 e. The fourth-order valence-electron chi connectivity index (χ4n) is 1.11.